The van der Waals surface area contributed by atoms with E-state index >= 15 is 0 Å². The summed E-state index contributed by atoms with van der Waals surface area (Å²) in [6, 6.07) is 10.6. The summed E-state index contributed by atoms with van der Waals surface area (Å²) >= 11 is 11.4. The molecule has 0 saturated carbocycles. The molecule has 0 fully saturated rings. The molecule has 0 atom stereocenters. The summed E-state index contributed by atoms with van der Waals surface area (Å²) in [6.45, 7) is 0. The van der Waals surface area contributed by atoms with Gasteiger partial charge in [0.05, 0.1) is 27.5 Å². The van der Waals surface area contributed by atoms with Gasteiger partial charge in [-0.05, 0) is 35.0 Å². The van der Waals surface area contributed by atoms with Gasteiger partial charge in [-0.25, -0.2) is 9.55 Å². The summed E-state index contributed by atoms with van der Waals surface area (Å²) in [5.41, 5.74) is -8.37. The molecule has 0 saturated heterocycles. The van der Waals surface area contributed by atoms with Gasteiger partial charge in [-0.15, -0.1) is 0 Å². The molecule has 0 unspecified atom stereocenters. The maximum atomic E-state index is 13.6. The van der Waals surface area contributed by atoms with E-state index in [1.165, 1.54) is 18.2 Å². The first-order chi connectivity index (χ1) is 17.5. The normalized spacial score (nSPS) is 12.7. The van der Waals surface area contributed by atoms with Gasteiger partial charge < -0.3 is 5.32 Å². The van der Waals surface area contributed by atoms with Crippen LogP contribution in [0.2, 0.25) is 10.0 Å². The van der Waals surface area contributed by atoms with E-state index in [-0.39, 0.29) is 17.8 Å². The maximum absolute atomic E-state index is 13.6. The number of hydrogen-bond donors (Lipinski definition) is 1. The highest BCUT2D eigenvalue weighted by Gasteiger charge is 2.41. The Balaban J connectivity index is 2.03. The van der Waals surface area contributed by atoms with Crippen molar-refractivity contribution in [2.75, 3.05) is 5.32 Å². The van der Waals surface area contributed by atoms with Crippen LogP contribution < -0.4 is 10.9 Å². The van der Waals surface area contributed by atoms with Crippen LogP contribution in [0.25, 0.3) is 16.5 Å². The number of hydrogen-bond acceptors (Lipinski definition) is 3. The van der Waals surface area contributed by atoms with Gasteiger partial charge in [-0.3, -0.25) is 4.79 Å². The molecule has 4 nitrogen and oxygen atoms in total. The lowest BCUT2D eigenvalue weighted by Crippen LogP contribution is -2.27. The Bertz CT molecular complexity index is 1610. The van der Waals surface area contributed by atoms with Crippen LogP contribution in [-0.4, -0.2) is 9.55 Å². The average molecular weight is 586 g/mol. The number of nitrogens with zero attached hydrogens (tertiary/aromatic N) is 2. The first-order valence-corrected chi connectivity index (χ1v) is 10.9. The second-order valence-electron chi connectivity index (χ2n) is 7.77. The van der Waals surface area contributed by atoms with Crippen LogP contribution in [0.5, 0.6) is 0 Å². The van der Waals surface area contributed by atoms with E-state index in [2.05, 4.69) is 4.98 Å². The van der Waals surface area contributed by atoms with Crippen LogP contribution in [0.3, 0.4) is 0 Å². The quantitative estimate of drug-likeness (QED) is 0.245. The molecule has 0 aliphatic rings. The van der Waals surface area contributed by atoms with Crippen LogP contribution in [0.4, 0.5) is 51.1 Å². The van der Waals surface area contributed by atoms with Crippen molar-refractivity contribution in [3.05, 3.63) is 91.8 Å². The first kappa shape index (κ1) is 27.6. The molecular formula is C23H10Cl2F9N3O. The van der Waals surface area contributed by atoms with Crippen molar-refractivity contribution in [2.45, 2.75) is 18.5 Å². The summed E-state index contributed by atoms with van der Waals surface area (Å²) in [7, 11) is 0. The number of nitrogens with one attached hydrogen (secondary N) is 1. The molecule has 1 aromatic heterocycles. The highest BCUT2D eigenvalue weighted by atomic mass is 35.5. The second-order valence-corrected chi connectivity index (χ2v) is 8.53. The van der Waals surface area contributed by atoms with Crippen molar-refractivity contribution < 1.29 is 39.5 Å². The van der Waals surface area contributed by atoms with Crippen LogP contribution in [-0.2, 0) is 18.5 Å². The van der Waals surface area contributed by atoms with Crippen molar-refractivity contribution in [3.63, 3.8) is 0 Å². The molecule has 0 radical (unpaired) electrons. The Kier molecular flexibility index (Phi) is 6.81. The van der Waals surface area contributed by atoms with Gasteiger partial charge in [0.1, 0.15) is 5.02 Å². The summed E-state index contributed by atoms with van der Waals surface area (Å²) in [6.07, 6.45) is -16.0. The minimum atomic E-state index is -5.36. The minimum Gasteiger partial charge on any atom is -0.324 e. The van der Waals surface area contributed by atoms with Crippen LogP contribution in [0.1, 0.15) is 16.8 Å². The Morgan fingerprint density at radius 2 is 1.37 bits per heavy atom. The molecule has 4 aromatic rings. The van der Waals surface area contributed by atoms with Crippen molar-refractivity contribution >= 4 is 45.6 Å². The minimum absolute atomic E-state index is 0.140. The van der Waals surface area contributed by atoms with Crippen LogP contribution in [0, 0.1) is 0 Å². The number of halogens is 11. The van der Waals surface area contributed by atoms with Crippen molar-refractivity contribution in [1.82, 2.24) is 9.55 Å². The fraction of sp³-hybridized carbons (Fsp3) is 0.130. The Labute approximate surface area is 216 Å². The molecule has 15 heteroatoms. The molecule has 0 amide bonds. The summed E-state index contributed by atoms with van der Waals surface area (Å²) in [5, 5.41) is 0.432. The molecule has 1 heterocycles. The predicted molar refractivity (Wildman–Crippen MR) is 122 cm³/mol. The molecule has 0 bridgehead atoms. The molecule has 200 valence electrons. The van der Waals surface area contributed by atoms with Gasteiger partial charge in [-0.1, -0.05) is 53.5 Å². The highest BCUT2D eigenvalue weighted by Crippen LogP contribution is 2.44. The lowest BCUT2D eigenvalue weighted by atomic mass is 10.1. The van der Waals surface area contributed by atoms with Gasteiger partial charge in [0, 0.05) is 0 Å². The zero-order chi connectivity index (χ0) is 28.2. The predicted octanol–water partition coefficient (Wildman–Crippen LogP) is 8.49. The second kappa shape index (κ2) is 9.38. The van der Waals surface area contributed by atoms with Crippen molar-refractivity contribution in [1.29, 1.82) is 0 Å². The molecule has 3 aromatic carbocycles. The number of benzene rings is 3. The third-order valence-corrected chi connectivity index (χ3v) is 5.99. The van der Waals surface area contributed by atoms with Gasteiger partial charge in [0.2, 0.25) is 5.95 Å². The molecule has 0 spiro atoms. The highest BCUT2D eigenvalue weighted by molar-refractivity contribution is 6.34. The first-order valence-electron chi connectivity index (χ1n) is 10.1. The van der Waals surface area contributed by atoms with E-state index in [0.717, 1.165) is 0 Å². The summed E-state index contributed by atoms with van der Waals surface area (Å²) in [4.78, 5) is 16.2. The molecule has 0 aliphatic heterocycles. The number of fused-ring (bicyclic) bond motifs is 1. The standard InChI is InChI=1S/C23H10Cl2F9N3O/c24-16-14(22(29,30)31)8-12(21(26,27)28)9-15(16)35-20-36-18(23(32,33)34)17(25)19(38)37(20)13-6-5-10-3-1-2-4-11(10)7-13/h1-9H,(H,35,36). The molecule has 1 N–H and O–H groups in total. The third-order valence-electron chi connectivity index (χ3n) is 5.24. The average Bonchev–Trinajstić information content (AvgIpc) is 2.80. The van der Waals surface area contributed by atoms with Crippen molar-refractivity contribution in [3.8, 4) is 5.69 Å². The van der Waals surface area contributed by atoms with Gasteiger partial charge >= 0.3 is 18.5 Å². The molecule has 38 heavy (non-hydrogen) atoms. The zero-order valence-electron chi connectivity index (χ0n) is 18.2. The van der Waals surface area contributed by atoms with E-state index in [0.29, 0.717) is 15.3 Å². The number of rotatable bonds is 3. The fourth-order valence-electron chi connectivity index (χ4n) is 3.53. The van der Waals surface area contributed by atoms with E-state index in [1.807, 2.05) is 5.32 Å². The maximum Gasteiger partial charge on any atom is 0.435 e. The zero-order valence-corrected chi connectivity index (χ0v) is 19.7. The van der Waals surface area contributed by atoms with E-state index < -0.39 is 62.6 Å². The van der Waals surface area contributed by atoms with Gasteiger partial charge in [-0.2, -0.15) is 39.5 Å². The van der Waals surface area contributed by atoms with E-state index in [9.17, 15) is 44.3 Å². The van der Waals surface area contributed by atoms with Crippen LogP contribution in [0.15, 0.2) is 59.4 Å². The third kappa shape index (κ3) is 5.25. The number of alkyl halides is 9. The summed E-state index contributed by atoms with van der Waals surface area (Å²) in [5.74, 6) is -1.09. The Morgan fingerprint density at radius 1 is 0.737 bits per heavy atom. The Morgan fingerprint density at radius 3 is 1.95 bits per heavy atom. The topological polar surface area (TPSA) is 46.9 Å². The monoisotopic (exact) mass is 585 g/mol. The van der Waals surface area contributed by atoms with Crippen LogP contribution >= 0.6 is 23.2 Å². The number of aromatic nitrogens is 2. The van der Waals surface area contributed by atoms with E-state index in [1.54, 1.807) is 24.3 Å². The van der Waals surface area contributed by atoms with Crippen molar-refractivity contribution in [2.24, 2.45) is 0 Å². The van der Waals surface area contributed by atoms with Gasteiger partial charge in [0.25, 0.3) is 5.56 Å². The Hall–Kier alpha value is -3.45. The van der Waals surface area contributed by atoms with Gasteiger partial charge in [0.15, 0.2) is 5.69 Å². The summed E-state index contributed by atoms with van der Waals surface area (Å²) < 4.78 is 122. The fourth-order valence-corrected chi connectivity index (χ4v) is 4.03. The lowest BCUT2D eigenvalue weighted by molar-refractivity contribution is -0.143. The number of anilines is 2. The lowest BCUT2D eigenvalue weighted by Gasteiger charge is -2.20. The van der Waals surface area contributed by atoms with E-state index in [4.69, 9.17) is 23.2 Å². The SMILES string of the molecule is O=c1c(Cl)c(C(F)(F)F)nc(Nc2cc(C(F)(F)F)cc(C(F)(F)F)c2Cl)n1-c1ccc2ccccc2c1. The largest absolute Gasteiger partial charge is 0.435 e. The molecule has 4 rings (SSSR count). The molecular weight excluding hydrogens is 576 g/mol. The molecule has 0 aliphatic carbocycles. The smallest absolute Gasteiger partial charge is 0.324 e.